The van der Waals surface area contributed by atoms with E-state index in [4.69, 9.17) is 4.74 Å². The Bertz CT molecular complexity index is 501. The third-order valence-corrected chi connectivity index (χ3v) is 5.31. The number of hydrogen-bond donors (Lipinski definition) is 0. The maximum Gasteiger partial charge on any atom is 0.0692 e. The molecule has 2 atom stereocenters. The molecule has 1 saturated carbocycles. The van der Waals surface area contributed by atoms with Crippen LogP contribution in [0, 0.1) is 17.2 Å². The van der Waals surface area contributed by atoms with Gasteiger partial charge < -0.3 is 4.74 Å². The van der Waals surface area contributed by atoms with Crippen LogP contribution in [-0.2, 0) is 10.2 Å². The molecule has 0 amide bonds. The van der Waals surface area contributed by atoms with Crippen molar-refractivity contribution in [2.45, 2.75) is 56.5 Å². The lowest BCUT2D eigenvalue weighted by molar-refractivity contribution is -0.109. The van der Waals surface area contributed by atoms with Crippen molar-refractivity contribution in [1.29, 1.82) is 5.26 Å². The summed E-state index contributed by atoms with van der Waals surface area (Å²) in [7, 11) is 0. The van der Waals surface area contributed by atoms with Gasteiger partial charge >= 0.3 is 0 Å². The van der Waals surface area contributed by atoms with Crippen LogP contribution in [0.3, 0.4) is 0 Å². The van der Waals surface area contributed by atoms with Gasteiger partial charge in [-0.1, -0.05) is 18.9 Å². The lowest BCUT2D eigenvalue weighted by Crippen LogP contribution is -2.49. The Balaban J connectivity index is 2.00. The molecule has 0 radical (unpaired) electrons. The fraction of sp³-hybridized carbons (Fsp3) is 0.647. The first-order chi connectivity index (χ1) is 9.71. The molecule has 3 heteroatoms. The minimum Gasteiger partial charge on any atom is -0.375 e. The maximum absolute atomic E-state index is 9.53. The van der Waals surface area contributed by atoms with Gasteiger partial charge in [0.2, 0.25) is 0 Å². The van der Waals surface area contributed by atoms with Crippen LogP contribution >= 0.6 is 0 Å². The van der Waals surface area contributed by atoms with Crippen LogP contribution in [-0.4, -0.2) is 17.2 Å². The van der Waals surface area contributed by atoms with Crippen molar-refractivity contribution >= 4 is 0 Å². The fourth-order valence-electron chi connectivity index (χ4n) is 4.10. The van der Waals surface area contributed by atoms with Crippen molar-refractivity contribution in [3.05, 3.63) is 30.1 Å². The second kappa shape index (κ2) is 5.18. The van der Waals surface area contributed by atoms with Gasteiger partial charge in [-0.2, -0.15) is 5.26 Å². The molecule has 1 aliphatic heterocycles. The topological polar surface area (TPSA) is 45.9 Å². The Kier molecular flexibility index (Phi) is 3.52. The normalized spacial score (nSPS) is 30.0. The maximum atomic E-state index is 9.53. The summed E-state index contributed by atoms with van der Waals surface area (Å²) in [6.07, 6.45) is 8.47. The molecule has 1 aliphatic carbocycles. The van der Waals surface area contributed by atoms with Crippen LogP contribution in [0.15, 0.2) is 24.4 Å². The molecule has 1 saturated heterocycles. The van der Waals surface area contributed by atoms with Gasteiger partial charge in [-0.05, 0) is 44.7 Å². The summed E-state index contributed by atoms with van der Waals surface area (Å²) in [5.41, 5.74) is 0.933. The Morgan fingerprint density at radius 3 is 2.75 bits per heavy atom. The lowest BCUT2D eigenvalue weighted by Gasteiger charge is -2.47. The minimum atomic E-state index is -0.140. The highest BCUT2D eigenvalue weighted by Gasteiger charge is 2.51. The van der Waals surface area contributed by atoms with Gasteiger partial charge in [0.05, 0.1) is 17.6 Å². The van der Waals surface area contributed by atoms with E-state index in [0.717, 1.165) is 38.0 Å². The SMILES string of the molecule is CC(C#N)C1(c2ccccn2)CCOC2(CCCC2)C1. The summed E-state index contributed by atoms with van der Waals surface area (Å²) in [6.45, 7) is 2.80. The van der Waals surface area contributed by atoms with E-state index in [-0.39, 0.29) is 16.9 Å². The van der Waals surface area contributed by atoms with E-state index < -0.39 is 0 Å². The molecule has 2 unspecified atom stereocenters. The van der Waals surface area contributed by atoms with E-state index in [1.54, 1.807) is 0 Å². The largest absolute Gasteiger partial charge is 0.375 e. The zero-order valence-electron chi connectivity index (χ0n) is 12.1. The van der Waals surface area contributed by atoms with Crippen LogP contribution in [0.4, 0.5) is 0 Å². The summed E-state index contributed by atoms with van der Waals surface area (Å²) >= 11 is 0. The smallest absolute Gasteiger partial charge is 0.0692 e. The summed E-state index contributed by atoms with van der Waals surface area (Å²) in [4.78, 5) is 4.59. The second-order valence-electron chi connectivity index (χ2n) is 6.39. The van der Waals surface area contributed by atoms with Crippen molar-refractivity contribution in [2.24, 2.45) is 5.92 Å². The Hall–Kier alpha value is -1.40. The highest BCUT2D eigenvalue weighted by Crippen LogP contribution is 2.51. The van der Waals surface area contributed by atoms with Crippen molar-refractivity contribution in [3.8, 4) is 6.07 Å². The number of nitrogens with zero attached hydrogens (tertiary/aromatic N) is 2. The predicted octanol–water partition coefficient (Wildman–Crippen LogP) is 3.60. The molecule has 20 heavy (non-hydrogen) atoms. The molecule has 1 spiro atoms. The summed E-state index contributed by atoms with van der Waals surface area (Å²) in [5.74, 6) is -0.0289. The quantitative estimate of drug-likeness (QED) is 0.824. The molecule has 0 N–H and O–H groups in total. The molecule has 2 heterocycles. The van der Waals surface area contributed by atoms with Crippen molar-refractivity contribution in [1.82, 2.24) is 4.98 Å². The Morgan fingerprint density at radius 1 is 1.30 bits per heavy atom. The van der Waals surface area contributed by atoms with E-state index >= 15 is 0 Å². The number of nitriles is 1. The standard InChI is InChI=1S/C17H22N2O/c1-14(12-18)17(15-6-2-5-10-19-15)9-11-20-16(13-17)7-3-4-8-16/h2,5-6,10,14H,3-4,7-9,11,13H2,1H3. The minimum absolute atomic E-state index is 0.000874. The fourth-order valence-corrected chi connectivity index (χ4v) is 4.10. The molecule has 2 fully saturated rings. The lowest BCUT2D eigenvalue weighted by atomic mass is 9.63. The van der Waals surface area contributed by atoms with Crippen LogP contribution in [0.5, 0.6) is 0 Å². The second-order valence-corrected chi connectivity index (χ2v) is 6.39. The van der Waals surface area contributed by atoms with Crippen LogP contribution in [0.2, 0.25) is 0 Å². The monoisotopic (exact) mass is 270 g/mol. The third kappa shape index (κ3) is 2.13. The number of hydrogen-bond acceptors (Lipinski definition) is 3. The molecular weight excluding hydrogens is 248 g/mol. The highest BCUT2D eigenvalue weighted by molar-refractivity contribution is 5.24. The number of rotatable bonds is 2. The molecule has 3 nitrogen and oxygen atoms in total. The van der Waals surface area contributed by atoms with Crippen molar-refractivity contribution < 1.29 is 4.74 Å². The molecule has 0 aromatic carbocycles. The van der Waals surface area contributed by atoms with Crippen LogP contribution < -0.4 is 0 Å². The highest BCUT2D eigenvalue weighted by atomic mass is 16.5. The van der Waals surface area contributed by atoms with Gasteiger partial charge in [-0.25, -0.2) is 0 Å². The summed E-state index contributed by atoms with van der Waals surface area (Å²) in [6, 6.07) is 8.55. The van der Waals surface area contributed by atoms with Crippen LogP contribution in [0.25, 0.3) is 0 Å². The number of ether oxygens (including phenoxy) is 1. The number of aromatic nitrogens is 1. The van der Waals surface area contributed by atoms with Gasteiger partial charge in [0.15, 0.2) is 0 Å². The van der Waals surface area contributed by atoms with E-state index in [0.29, 0.717) is 0 Å². The average molecular weight is 270 g/mol. The molecule has 3 rings (SSSR count). The van der Waals surface area contributed by atoms with Gasteiger partial charge in [-0.15, -0.1) is 0 Å². The van der Waals surface area contributed by atoms with Crippen molar-refractivity contribution in [3.63, 3.8) is 0 Å². The molecule has 2 aliphatic rings. The third-order valence-electron chi connectivity index (χ3n) is 5.31. The zero-order valence-corrected chi connectivity index (χ0v) is 12.1. The van der Waals surface area contributed by atoms with E-state index in [9.17, 15) is 5.26 Å². The molecule has 1 aromatic heterocycles. The molecule has 106 valence electrons. The molecule has 0 bridgehead atoms. The Labute approximate surface area is 121 Å². The zero-order chi connectivity index (χ0) is 14.1. The molecular formula is C17H22N2O. The van der Waals surface area contributed by atoms with E-state index in [2.05, 4.69) is 17.1 Å². The van der Waals surface area contributed by atoms with E-state index in [1.165, 1.54) is 12.8 Å². The summed E-state index contributed by atoms with van der Waals surface area (Å²) in [5, 5.41) is 9.53. The number of pyridine rings is 1. The Morgan fingerprint density at radius 2 is 2.10 bits per heavy atom. The molecule has 1 aromatic rings. The van der Waals surface area contributed by atoms with Gasteiger partial charge in [0.25, 0.3) is 0 Å². The van der Waals surface area contributed by atoms with Gasteiger partial charge in [0.1, 0.15) is 0 Å². The first-order valence-corrected chi connectivity index (χ1v) is 7.66. The predicted molar refractivity (Wildman–Crippen MR) is 77.1 cm³/mol. The first-order valence-electron chi connectivity index (χ1n) is 7.66. The average Bonchev–Trinajstić information content (AvgIpc) is 2.95. The summed E-state index contributed by atoms with van der Waals surface area (Å²) < 4.78 is 6.16. The van der Waals surface area contributed by atoms with E-state index in [1.807, 2.05) is 25.3 Å². The van der Waals surface area contributed by atoms with Gasteiger partial charge in [-0.3, -0.25) is 4.98 Å². The van der Waals surface area contributed by atoms with Crippen LogP contribution in [0.1, 0.15) is 51.1 Å². The van der Waals surface area contributed by atoms with Crippen molar-refractivity contribution in [2.75, 3.05) is 6.61 Å². The van der Waals surface area contributed by atoms with Gasteiger partial charge in [0, 0.05) is 23.9 Å². The first kappa shape index (κ1) is 13.6.